The summed E-state index contributed by atoms with van der Waals surface area (Å²) in [7, 11) is -3.79. The number of phenolic OH excluding ortho intramolecular Hbond substituents is 1. The van der Waals surface area contributed by atoms with Crippen LogP contribution >= 0.6 is 11.6 Å². The fourth-order valence-corrected chi connectivity index (χ4v) is 6.30. The molecule has 1 aromatic carbocycles. The molecule has 0 amide bonds. The number of hydrogen-bond acceptors (Lipinski definition) is 4. The number of rotatable bonds is 4. The van der Waals surface area contributed by atoms with E-state index in [-0.39, 0.29) is 34.3 Å². The fourth-order valence-electron chi connectivity index (χ4n) is 4.23. The zero-order chi connectivity index (χ0) is 17.0. The van der Waals surface area contributed by atoms with Crippen LogP contribution in [0.1, 0.15) is 33.1 Å². The van der Waals surface area contributed by atoms with Crippen LogP contribution in [0.3, 0.4) is 0 Å². The largest absolute Gasteiger partial charge is 0.506 e. The molecule has 1 unspecified atom stereocenters. The van der Waals surface area contributed by atoms with Crippen LogP contribution in [-0.4, -0.2) is 25.1 Å². The minimum Gasteiger partial charge on any atom is -0.506 e. The first-order valence-corrected chi connectivity index (χ1v) is 9.63. The quantitative estimate of drug-likeness (QED) is 0.810. The number of fused-ring (bicyclic) bond motifs is 2. The van der Waals surface area contributed by atoms with Gasteiger partial charge in [-0.05, 0) is 42.4 Å². The third-order valence-electron chi connectivity index (χ3n) is 5.80. The van der Waals surface area contributed by atoms with Crippen molar-refractivity contribution in [3.05, 3.63) is 23.2 Å². The average molecular weight is 358 g/mol. The van der Waals surface area contributed by atoms with Gasteiger partial charge in [0.15, 0.2) is 0 Å². The number of sulfonamides is 1. The van der Waals surface area contributed by atoms with Gasteiger partial charge in [-0.2, -0.15) is 0 Å². The highest BCUT2D eigenvalue weighted by Crippen LogP contribution is 2.64. The molecular weight excluding hydrogens is 338 g/mol. The molecule has 3 rings (SSSR count). The smallest absolute Gasteiger partial charge is 0.233 e. The second-order valence-corrected chi connectivity index (χ2v) is 9.35. The molecule has 1 aromatic rings. The van der Waals surface area contributed by atoms with Gasteiger partial charge in [0.25, 0.3) is 0 Å². The number of nitrogens with one attached hydrogen (secondary N) is 1. The van der Waals surface area contributed by atoms with Crippen molar-refractivity contribution in [1.82, 2.24) is 0 Å². The van der Waals surface area contributed by atoms with Gasteiger partial charge in [0.05, 0.1) is 16.9 Å². The highest BCUT2D eigenvalue weighted by Gasteiger charge is 2.65. The van der Waals surface area contributed by atoms with E-state index in [1.54, 1.807) is 0 Å². The van der Waals surface area contributed by atoms with Crippen LogP contribution in [0.25, 0.3) is 0 Å². The number of benzene rings is 1. The van der Waals surface area contributed by atoms with Crippen LogP contribution in [-0.2, 0) is 14.8 Å². The Morgan fingerprint density at radius 2 is 2.09 bits per heavy atom. The first-order valence-electron chi connectivity index (χ1n) is 7.60. The Kier molecular flexibility index (Phi) is 3.69. The fraction of sp³-hybridized carbons (Fsp3) is 0.562. The van der Waals surface area contributed by atoms with E-state index in [0.717, 1.165) is 6.42 Å². The van der Waals surface area contributed by atoms with E-state index < -0.39 is 15.4 Å². The molecule has 126 valence electrons. The van der Waals surface area contributed by atoms with Crippen molar-refractivity contribution in [2.45, 2.75) is 33.1 Å². The van der Waals surface area contributed by atoms with Crippen molar-refractivity contribution in [2.24, 2.45) is 16.7 Å². The second-order valence-electron chi connectivity index (χ2n) is 7.19. The number of aromatic hydroxyl groups is 1. The zero-order valence-corrected chi connectivity index (χ0v) is 14.7. The predicted octanol–water partition coefficient (Wildman–Crippen LogP) is 3.18. The summed E-state index contributed by atoms with van der Waals surface area (Å²) in [5, 5.41) is 10.1. The molecule has 0 saturated heterocycles. The van der Waals surface area contributed by atoms with Crippen LogP contribution in [0.2, 0.25) is 5.02 Å². The number of halogens is 1. The van der Waals surface area contributed by atoms with Crippen LogP contribution in [0, 0.1) is 16.7 Å². The number of Topliss-reactive ketones (excluding diaryl/α,β-unsaturated/α-hetero) is 1. The Hall–Kier alpha value is -1.27. The maximum atomic E-state index is 12.6. The number of carbonyl (C=O) groups is 1. The standard InChI is InChI=1S/C16H20ClNO4S/c1-15(2)10-5-6-16(15,14(20)7-10)9-23(21,22)18-12-8-11(17)3-4-13(12)19/h3-4,8,10,18-19H,5-7,9H2,1-2H3/t10-,16?/m0/s1. The summed E-state index contributed by atoms with van der Waals surface area (Å²) in [4.78, 5) is 12.5. The molecule has 23 heavy (non-hydrogen) atoms. The van der Waals surface area contributed by atoms with E-state index in [1.807, 2.05) is 13.8 Å². The highest BCUT2D eigenvalue weighted by atomic mass is 35.5. The van der Waals surface area contributed by atoms with Crippen molar-refractivity contribution in [2.75, 3.05) is 10.5 Å². The maximum absolute atomic E-state index is 12.6. The van der Waals surface area contributed by atoms with Crippen molar-refractivity contribution in [3.8, 4) is 5.75 Å². The average Bonchev–Trinajstić information content (AvgIpc) is 2.76. The predicted molar refractivity (Wildman–Crippen MR) is 89.1 cm³/mol. The molecule has 0 aromatic heterocycles. The molecule has 7 heteroatoms. The lowest BCUT2D eigenvalue weighted by atomic mass is 9.70. The van der Waals surface area contributed by atoms with Crippen LogP contribution in [0.15, 0.2) is 18.2 Å². The van der Waals surface area contributed by atoms with E-state index >= 15 is 0 Å². The molecule has 0 aliphatic heterocycles. The minimum absolute atomic E-state index is 0.0340. The normalized spacial score (nSPS) is 29.0. The summed E-state index contributed by atoms with van der Waals surface area (Å²) in [6.45, 7) is 3.98. The van der Waals surface area contributed by atoms with Gasteiger partial charge in [0.2, 0.25) is 10.0 Å². The number of hydrogen-bond donors (Lipinski definition) is 2. The van der Waals surface area contributed by atoms with Gasteiger partial charge in [-0.15, -0.1) is 0 Å². The van der Waals surface area contributed by atoms with E-state index in [2.05, 4.69) is 4.72 Å². The number of ketones is 1. The molecule has 0 spiro atoms. The Morgan fingerprint density at radius 3 is 2.65 bits per heavy atom. The Morgan fingerprint density at radius 1 is 1.39 bits per heavy atom. The molecule has 0 radical (unpaired) electrons. The molecule has 0 heterocycles. The summed E-state index contributed by atoms with van der Waals surface area (Å²) in [5.74, 6) is -0.158. The molecule has 2 bridgehead atoms. The van der Waals surface area contributed by atoms with Crippen molar-refractivity contribution in [3.63, 3.8) is 0 Å². The lowest BCUT2D eigenvalue weighted by molar-refractivity contribution is -0.128. The molecule has 5 nitrogen and oxygen atoms in total. The van der Waals surface area contributed by atoms with Crippen LogP contribution < -0.4 is 4.72 Å². The highest BCUT2D eigenvalue weighted by molar-refractivity contribution is 7.92. The van der Waals surface area contributed by atoms with E-state index in [0.29, 0.717) is 17.9 Å². The lowest BCUT2D eigenvalue weighted by Crippen LogP contribution is -2.43. The molecule has 2 atom stereocenters. The van der Waals surface area contributed by atoms with Crippen LogP contribution in [0.5, 0.6) is 5.75 Å². The number of anilines is 1. The number of carbonyl (C=O) groups excluding carboxylic acids is 1. The molecule has 2 aliphatic carbocycles. The molecular formula is C16H20ClNO4S. The first kappa shape index (κ1) is 16.6. The van der Waals surface area contributed by atoms with Gasteiger partial charge >= 0.3 is 0 Å². The molecule has 2 N–H and O–H groups in total. The zero-order valence-electron chi connectivity index (χ0n) is 13.1. The lowest BCUT2D eigenvalue weighted by Gasteiger charge is -2.36. The maximum Gasteiger partial charge on any atom is 0.233 e. The molecule has 2 saturated carbocycles. The third-order valence-corrected chi connectivity index (χ3v) is 7.44. The van der Waals surface area contributed by atoms with Crippen molar-refractivity contribution >= 4 is 33.1 Å². The summed E-state index contributed by atoms with van der Waals surface area (Å²) in [6.07, 6.45) is 1.95. The Bertz CT molecular complexity index is 774. The summed E-state index contributed by atoms with van der Waals surface area (Å²) in [6, 6.07) is 4.15. The van der Waals surface area contributed by atoms with Crippen LogP contribution in [0.4, 0.5) is 5.69 Å². The number of phenols is 1. The second kappa shape index (κ2) is 5.11. The van der Waals surface area contributed by atoms with Gasteiger partial charge in [-0.1, -0.05) is 25.4 Å². The molecule has 2 fully saturated rings. The summed E-state index contributed by atoms with van der Waals surface area (Å²) >= 11 is 5.85. The minimum atomic E-state index is -3.79. The van der Waals surface area contributed by atoms with Gasteiger partial charge in [0, 0.05) is 11.4 Å². The molecule has 2 aliphatic rings. The van der Waals surface area contributed by atoms with Gasteiger partial charge in [0.1, 0.15) is 11.5 Å². The third kappa shape index (κ3) is 2.52. The summed E-state index contributed by atoms with van der Waals surface area (Å²) < 4.78 is 27.6. The van der Waals surface area contributed by atoms with E-state index in [1.165, 1.54) is 18.2 Å². The van der Waals surface area contributed by atoms with Crippen molar-refractivity contribution in [1.29, 1.82) is 0 Å². The Balaban J connectivity index is 1.90. The van der Waals surface area contributed by atoms with Gasteiger partial charge < -0.3 is 5.11 Å². The van der Waals surface area contributed by atoms with E-state index in [4.69, 9.17) is 11.6 Å². The first-order chi connectivity index (χ1) is 10.6. The topological polar surface area (TPSA) is 83.5 Å². The van der Waals surface area contributed by atoms with Gasteiger partial charge in [-0.3, -0.25) is 9.52 Å². The van der Waals surface area contributed by atoms with E-state index in [9.17, 15) is 18.3 Å². The monoisotopic (exact) mass is 357 g/mol. The van der Waals surface area contributed by atoms with Gasteiger partial charge in [-0.25, -0.2) is 8.42 Å². The van der Waals surface area contributed by atoms with Crippen molar-refractivity contribution < 1.29 is 18.3 Å². The SMILES string of the molecule is CC1(C)[C@H]2CCC1(CS(=O)(=O)Nc1cc(Cl)ccc1O)C(=O)C2. The summed E-state index contributed by atoms with van der Waals surface area (Å²) in [5.41, 5.74) is -1.13. The Labute approximate surface area is 141 Å².